The summed E-state index contributed by atoms with van der Waals surface area (Å²) in [5, 5.41) is 3.57. The van der Waals surface area contributed by atoms with Gasteiger partial charge in [-0.3, -0.25) is 0 Å². The first kappa shape index (κ1) is 14.3. The molecule has 0 aromatic carbocycles. The van der Waals surface area contributed by atoms with E-state index in [0.29, 0.717) is 6.04 Å². The molecule has 1 saturated carbocycles. The van der Waals surface area contributed by atoms with E-state index < -0.39 is 5.79 Å². The highest BCUT2D eigenvalue weighted by Gasteiger charge is 2.28. The normalized spacial score (nSPS) is 33.5. The molecule has 2 atom stereocenters. The Morgan fingerprint density at radius 3 is 2.56 bits per heavy atom. The van der Waals surface area contributed by atoms with E-state index in [0.717, 1.165) is 31.6 Å². The lowest BCUT2D eigenvalue weighted by atomic mass is 9.81. The fraction of sp³-hybridized carbons (Fsp3) is 1.00. The maximum absolute atomic E-state index is 5.65. The molecule has 18 heavy (non-hydrogen) atoms. The van der Waals surface area contributed by atoms with Crippen LogP contribution in [0, 0.1) is 11.8 Å². The van der Waals surface area contributed by atoms with Crippen LogP contribution in [0.2, 0.25) is 0 Å². The van der Waals surface area contributed by atoms with Crippen molar-refractivity contribution in [3.8, 4) is 0 Å². The van der Waals surface area contributed by atoms with Gasteiger partial charge >= 0.3 is 0 Å². The average Bonchev–Trinajstić information content (AvgIpc) is 2.31. The highest BCUT2D eigenvalue weighted by atomic mass is 16.7. The Morgan fingerprint density at radius 2 is 1.89 bits per heavy atom. The molecule has 0 aromatic rings. The van der Waals surface area contributed by atoms with Crippen LogP contribution in [0.4, 0.5) is 0 Å². The first-order valence-electron chi connectivity index (χ1n) is 7.56. The summed E-state index contributed by atoms with van der Waals surface area (Å²) >= 11 is 0. The summed E-state index contributed by atoms with van der Waals surface area (Å²) in [6, 6.07) is 0.374. The lowest BCUT2D eigenvalue weighted by Crippen LogP contribution is -2.48. The molecule has 2 unspecified atom stereocenters. The summed E-state index contributed by atoms with van der Waals surface area (Å²) in [4.78, 5) is 0. The van der Waals surface area contributed by atoms with Gasteiger partial charge in [0.05, 0.1) is 19.3 Å². The van der Waals surface area contributed by atoms with Crippen molar-refractivity contribution in [2.45, 2.75) is 64.7 Å². The maximum atomic E-state index is 5.65. The van der Waals surface area contributed by atoms with E-state index in [2.05, 4.69) is 12.2 Å². The average molecular weight is 255 g/mol. The van der Waals surface area contributed by atoms with Crippen LogP contribution >= 0.6 is 0 Å². The summed E-state index contributed by atoms with van der Waals surface area (Å²) in [7, 11) is 0. The summed E-state index contributed by atoms with van der Waals surface area (Å²) in [5.41, 5.74) is 0. The fourth-order valence-corrected chi connectivity index (χ4v) is 3.12. The Morgan fingerprint density at radius 1 is 1.17 bits per heavy atom. The minimum atomic E-state index is -0.392. The first-order valence-corrected chi connectivity index (χ1v) is 7.56. The Kier molecular flexibility index (Phi) is 5.05. The molecule has 106 valence electrons. The lowest BCUT2D eigenvalue weighted by Gasteiger charge is -2.35. The van der Waals surface area contributed by atoms with Crippen molar-refractivity contribution in [2.24, 2.45) is 11.8 Å². The Bertz CT molecular complexity index is 245. The molecule has 0 amide bonds. The summed E-state index contributed by atoms with van der Waals surface area (Å²) in [6.07, 6.45) is 7.02. The molecule has 1 aliphatic heterocycles. The predicted octanol–water partition coefficient (Wildman–Crippen LogP) is 2.94. The molecule has 1 heterocycles. The molecular formula is C15H29NO2. The zero-order chi connectivity index (χ0) is 13.0. The van der Waals surface area contributed by atoms with E-state index in [4.69, 9.17) is 9.47 Å². The van der Waals surface area contributed by atoms with Crippen LogP contribution in [-0.2, 0) is 9.47 Å². The van der Waals surface area contributed by atoms with Gasteiger partial charge in [-0.1, -0.05) is 26.2 Å². The summed E-state index contributed by atoms with van der Waals surface area (Å²) in [5.74, 6) is 1.48. The highest BCUT2D eigenvalue weighted by molar-refractivity contribution is 4.75. The minimum Gasteiger partial charge on any atom is -0.349 e. The molecule has 0 aromatic heterocycles. The zero-order valence-electron chi connectivity index (χ0n) is 12.2. The van der Waals surface area contributed by atoms with E-state index in [9.17, 15) is 0 Å². The highest BCUT2D eigenvalue weighted by Crippen LogP contribution is 2.30. The van der Waals surface area contributed by atoms with Crippen molar-refractivity contribution >= 4 is 0 Å². The van der Waals surface area contributed by atoms with E-state index >= 15 is 0 Å². The molecule has 0 bridgehead atoms. The number of hydrogen-bond acceptors (Lipinski definition) is 3. The Labute approximate surface area is 112 Å². The number of rotatable bonds is 4. The number of hydrogen-bond donors (Lipinski definition) is 1. The molecule has 2 rings (SSSR count). The molecule has 3 heteroatoms. The van der Waals surface area contributed by atoms with Gasteiger partial charge in [-0.15, -0.1) is 0 Å². The fourth-order valence-electron chi connectivity index (χ4n) is 3.12. The van der Waals surface area contributed by atoms with Gasteiger partial charge in [0.1, 0.15) is 0 Å². The van der Waals surface area contributed by atoms with Crippen molar-refractivity contribution in [2.75, 3.05) is 19.8 Å². The minimum absolute atomic E-state index is 0.374. The van der Waals surface area contributed by atoms with Crippen LogP contribution < -0.4 is 5.32 Å². The Balaban J connectivity index is 1.58. The second kappa shape index (κ2) is 6.36. The van der Waals surface area contributed by atoms with E-state index in [-0.39, 0.29) is 0 Å². The molecule has 1 saturated heterocycles. The van der Waals surface area contributed by atoms with Gasteiger partial charge in [0.2, 0.25) is 0 Å². The third kappa shape index (κ3) is 4.52. The lowest BCUT2D eigenvalue weighted by molar-refractivity contribution is -0.252. The number of nitrogens with one attached hydrogen (secondary N) is 1. The first-order chi connectivity index (χ1) is 8.55. The van der Waals surface area contributed by atoms with Crippen molar-refractivity contribution in [3.05, 3.63) is 0 Å². The van der Waals surface area contributed by atoms with Crippen molar-refractivity contribution in [3.63, 3.8) is 0 Å². The van der Waals surface area contributed by atoms with Gasteiger partial charge in [-0.2, -0.15) is 0 Å². The third-order valence-electron chi connectivity index (χ3n) is 4.29. The summed E-state index contributed by atoms with van der Waals surface area (Å²) in [6.45, 7) is 9.00. The largest absolute Gasteiger partial charge is 0.349 e. The van der Waals surface area contributed by atoms with Crippen LogP contribution in [0.5, 0.6) is 0 Å². The topological polar surface area (TPSA) is 30.5 Å². The molecule has 0 spiro atoms. The van der Waals surface area contributed by atoms with Crippen LogP contribution in [0.1, 0.15) is 52.9 Å². The van der Waals surface area contributed by atoms with Gasteiger partial charge in [-0.05, 0) is 45.1 Å². The molecule has 1 aliphatic carbocycles. The van der Waals surface area contributed by atoms with E-state index in [1.54, 1.807) is 0 Å². The van der Waals surface area contributed by atoms with Gasteiger partial charge in [0.25, 0.3) is 0 Å². The van der Waals surface area contributed by atoms with E-state index in [1.165, 1.54) is 32.1 Å². The SMILES string of the molecule is CC1CCCC(CCNC2COC(C)(C)OC2)C1. The van der Waals surface area contributed by atoms with Crippen LogP contribution in [0.15, 0.2) is 0 Å². The molecule has 2 aliphatic rings. The molecule has 2 fully saturated rings. The summed E-state index contributed by atoms with van der Waals surface area (Å²) < 4.78 is 11.3. The second-order valence-corrected chi connectivity index (χ2v) is 6.60. The van der Waals surface area contributed by atoms with Gasteiger partial charge in [0.15, 0.2) is 5.79 Å². The number of ether oxygens (including phenoxy) is 2. The molecule has 1 N–H and O–H groups in total. The van der Waals surface area contributed by atoms with Gasteiger partial charge < -0.3 is 14.8 Å². The third-order valence-corrected chi connectivity index (χ3v) is 4.29. The maximum Gasteiger partial charge on any atom is 0.162 e. The molecular weight excluding hydrogens is 226 g/mol. The molecule has 3 nitrogen and oxygen atoms in total. The predicted molar refractivity (Wildman–Crippen MR) is 73.5 cm³/mol. The standard InChI is InChI=1S/C15H29NO2/c1-12-5-4-6-13(9-12)7-8-16-14-10-17-15(2,3)18-11-14/h12-14,16H,4-11H2,1-3H3. The van der Waals surface area contributed by atoms with Crippen molar-refractivity contribution in [1.29, 1.82) is 0 Å². The quantitative estimate of drug-likeness (QED) is 0.838. The Hall–Kier alpha value is -0.120. The van der Waals surface area contributed by atoms with Crippen molar-refractivity contribution in [1.82, 2.24) is 5.32 Å². The monoisotopic (exact) mass is 255 g/mol. The van der Waals surface area contributed by atoms with Crippen LogP contribution in [0.3, 0.4) is 0 Å². The second-order valence-electron chi connectivity index (χ2n) is 6.60. The van der Waals surface area contributed by atoms with Crippen LogP contribution in [-0.4, -0.2) is 31.6 Å². The zero-order valence-corrected chi connectivity index (χ0v) is 12.2. The van der Waals surface area contributed by atoms with Crippen molar-refractivity contribution < 1.29 is 9.47 Å². The van der Waals surface area contributed by atoms with Gasteiger partial charge in [0, 0.05) is 0 Å². The van der Waals surface area contributed by atoms with E-state index in [1.807, 2.05) is 13.8 Å². The smallest absolute Gasteiger partial charge is 0.162 e. The van der Waals surface area contributed by atoms with Gasteiger partial charge in [-0.25, -0.2) is 0 Å². The van der Waals surface area contributed by atoms with Crippen LogP contribution in [0.25, 0.3) is 0 Å². The molecule has 0 radical (unpaired) electrons.